The number of methoxy groups -OCH3 is 1. The van der Waals surface area contributed by atoms with Gasteiger partial charge in [-0.2, -0.15) is 0 Å². The topological polar surface area (TPSA) is 82.1 Å². The van der Waals surface area contributed by atoms with Crippen molar-refractivity contribution in [3.8, 4) is 17.2 Å². The fourth-order valence-electron chi connectivity index (χ4n) is 2.61. The average molecular weight is 409 g/mol. The lowest BCUT2D eigenvalue weighted by molar-refractivity contribution is -0.139. The van der Waals surface area contributed by atoms with Gasteiger partial charge in [-0.1, -0.05) is 29.3 Å². The van der Waals surface area contributed by atoms with E-state index < -0.39 is 12.6 Å². The number of ketones is 1. The summed E-state index contributed by atoms with van der Waals surface area (Å²) in [7, 11) is 1.44. The number of carbonyl (C=O) groups is 2. The van der Waals surface area contributed by atoms with Gasteiger partial charge in [0.2, 0.25) is 0 Å². The van der Waals surface area contributed by atoms with Crippen LogP contribution in [0.5, 0.6) is 17.2 Å². The Balaban J connectivity index is 1.90. The first-order valence-electron chi connectivity index (χ1n) is 7.78. The summed E-state index contributed by atoms with van der Waals surface area (Å²) >= 11 is 12.1. The van der Waals surface area contributed by atoms with Gasteiger partial charge in [0.15, 0.2) is 23.9 Å². The zero-order valence-electron chi connectivity index (χ0n) is 14.1. The Kier molecular flexibility index (Phi) is 5.58. The molecule has 0 bridgehead atoms. The molecule has 0 fully saturated rings. The second-order valence-electron chi connectivity index (χ2n) is 5.64. The van der Waals surface area contributed by atoms with Crippen molar-refractivity contribution in [2.24, 2.45) is 0 Å². The Labute approximate surface area is 164 Å². The number of rotatable bonds is 5. The number of Topliss-reactive ketones (excluding diaryl/α,β-unsaturated/α-hetero) is 1. The van der Waals surface area contributed by atoms with Crippen LogP contribution in [0.1, 0.15) is 15.9 Å². The number of hydrogen-bond donors (Lipinski definition) is 1. The molecule has 0 saturated heterocycles. The summed E-state index contributed by atoms with van der Waals surface area (Å²) in [5.74, 6) is -0.369. The molecule has 0 aliphatic carbocycles. The standard InChI is InChI=1S/C19H14Cl2O6/c1-25-16-5-10(2-3-15(16)26-9-17(22)23)4-11-8-27-19-13(18(11)24)6-12(20)7-14(19)21/h2-7H,8-9H2,1H3,(H,22,23)/b11-4+. The maximum atomic E-state index is 12.7. The SMILES string of the molecule is COc1cc(/C=C2\COc3c(Cl)cc(Cl)cc3C2=O)ccc1OCC(=O)O. The van der Waals surface area contributed by atoms with E-state index in [0.29, 0.717) is 33.2 Å². The van der Waals surface area contributed by atoms with Crippen molar-refractivity contribution < 1.29 is 28.9 Å². The summed E-state index contributed by atoms with van der Waals surface area (Å²) in [5.41, 5.74) is 1.39. The monoisotopic (exact) mass is 408 g/mol. The van der Waals surface area contributed by atoms with Crippen LogP contribution in [-0.2, 0) is 4.79 Å². The highest BCUT2D eigenvalue weighted by Crippen LogP contribution is 2.37. The third kappa shape index (κ3) is 4.18. The molecule has 2 aromatic carbocycles. The lowest BCUT2D eigenvalue weighted by Crippen LogP contribution is -2.19. The predicted molar refractivity (Wildman–Crippen MR) is 100 cm³/mol. The summed E-state index contributed by atoms with van der Waals surface area (Å²) in [6.07, 6.45) is 1.66. The summed E-state index contributed by atoms with van der Waals surface area (Å²) in [6, 6.07) is 7.93. The van der Waals surface area contributed by atoms with Crippen LogP contribution in [-0.4, -0.2) is 37.2 Å². The van der Waals surface area contributed by atoms with Crippen molar-refractivity contribution in [2.45, 2.75) is 0 Å². The molecule has 1 N–H and O–H groups in total. The number of fused-ring (bicyclic) bond motifs is 1. The maximum Gasteiger partial charge on any atom is 0.341 e. The highest BCUT2D eigenvalue weighted by molar-refractivity contribution is 6.37. The smallest absolute Gasteiger partial charge is 0.341 e. The number of carboxylic acids is 1. The first kappa shape index (κ1) is 19.1. The van der Waals surface area contributed by atoms with E-state index in [2.05, 4.69) is 0 Å². The molecule has 0 aromatic heterocycles. The Hall–Kier alpha value is -2.70. The lowest BCUT2D eigenvalue weighted by Gasteiger charge is -2.20. The zero-order chi connectivity index (χ0) is 19.6. The van der Waals surface area contributed by atoms with E-state index in [0.717, 1.165) is 0 Å². The first-order valence-corrected chi connectivity index (χ1v) is 8.54. The Morgan fingerprint density at radius 3 is 2.74 bits per heavy atom. The van der Waals surface area contributed by atoms with Crippen molar-refractivity contribution in [2.75, 3.05) is 20.3 Å². The number of carboxylic acid groups (broad SMARTS) is 1. The third-order valence-electron chi connectivity index (χ3n) is 3.80. The van der Waals surface area contributed by atoms with Crippen LogP contribution in [0.4, 0.5) is 0 Å². The van der Waals surface area contributed by atoms with Gasteiger partial charge in [-0.05, 0) is 35.9 Å². The molecule has 0 radical (unpaired) electrons. The molecule has 6 nitrogen and oxygen atoms in total. The van der Waals surface area contributed by atoms with Crippen LogP contribution in [0.2, 0.25) is 10.0 Å². The van der Waals surface area contributed by atoms with Gasteiger partial charge >= 0.3 is 5.97 Å². The minimum absolute atomic E-state index is 0.0623. The van der Waals surface area contributed by atoms with Crippen molar-refractivity contribution in [1.82, 2.24) is 0 Å². The molecule has 140 valence electrons. The molecule has 0 atom stereocenters. The van der Waals surface area contributed by atoms with Crippen molar-refractivity contribution in [3.63, 3.8) is 0 Å². The van der Waals surface area contributed by atoms with E-state index >= 15 is 0 Å². The number of benzene rings is 2. The molecule has 1 heterocycles. The quantitative estimate of drug-likeness (QED) is 0.749. The van der Waals surface area contributed by atoms with E-state index in [4.69, 9.17) is 42.5 Å². The summed E-state index contributed by atoms with van der Waals surface area (Å²) in [4.78, 5) is 23.4. The molecular weight excluding hydrogens is 395 g/mol. The van der Waals surface area contributed by atoms with E-state index in [9.17, 15) is 9.59 Å². The van der Waals surface area contributed by atoms with Gasteiger partial charge in [0.05, 0.1) is 17.7 Å². The Bertz CT molecular complexity index is 951. The third-order valence-corrected chi connectivity index (χ3v) is 4.30. The van der Waals surface area contributed by atoms with Gasteiger partial charge in [0.1, 0.15) is 12.4 Å². The van der Waals surface area contributed by atoms with Gasteiger partial charge < -0.3 is 19.3 Å². The summed E-state index contributed by atoms with van der Waals surface area (Å²) in [6.45, 7) is -0.422. The minimum atomic E-state index is -1.09. The largest absolute Gasteiger partial charge is 0.493 e. The van der Waals surface area contributed by atoms with Gasteiger partial charge in [-0.15, -0.1) is 0 Å². The highest BCUT2D eigenvalue weighted by atomic mass is 35.5. The molecule has 27 heavy (non-hydrogen) atoms. The Morgan fingerprint density at radius 1 is 1.26 bits per heavy atom. The van der Waals surface area contributed by atoms with E-state index in [1.807, 2.05) is 0 Å². The van der Waals surface area contributed by atoms with E-state index in [1.165, 1.54) is 19.2 Å². The number of halogens is 2. The van der Waals surface area contributed by atoms with Crippen LogP contribution in [0, 0.1) is 0 Å². The van der Waals surface area contributed by atoms with Crippen LogP contribution in [0.25, 0.3) is 6.08 Å². The maximum absolute atomic E-state index is 12.7. The fraction of sp³-hybridized carbons (Fsp3) is 0.158. The van der Waals surface area contributed by atoms with Crippen LogP contribution in [0.3, 0.4) is 0 Å². The number of aliphatic carboxylic acids is 1. The van der Waals surface area contributed by atoms with Gasteiger partial charge in [0, 0.05) is 10.6 Å². The first-order chi connectivity index (χ1) is 12.9. The second kappa shape index (κ2) is 7.90. The normalized spacial score (nSPS) is 14.5. The van der Waals surface area contributed by atoms with Crippen molar-refractivity contribution in [1.29, 1.82) is 0 Å². The van der Waals surface area contributed by atoms with Gasteiger partial charge in [-0.3, -0.25) is 4.79 Å². The Morgan fingerprint density at radius 2 is 2.04 bits per heavy atom. The second-order valence-corrected chi connectivity index (χ2v) is 6.49. The molecule has 1 aliphatic rings. The highest BCUT2D eigenvalue weighted by Gasteiger charge is 2.26. The molecule has 1 aliphatic heterocycles. The van der Waals surface area contributed by atoms with Crippen molar-refractivity contribution >= 4 is 41.0 Å². The van der Waals surface area contributed by atoms with Crippen LogP contribution >= 0.6 is 23.2 Å². The summed E-state index contributed by atoms with van der Waals surface area (Å²) < 4.78 is 16.0. The van der Waals surface area contributed by atoms with E-state index in [1.54, 1.807) is 24.3 Å². The molecule has 8 heteroatoms. The fourth-order valence-corrected chi connectivity index (χ4v) is 3.15. The van der Waals surface area contributed by atoms with Crippen molar-refractivity contribution in [3.05, 3.63) is 57.1 Å². The average Bonchev–Trinajstić information content (AvgIpc) is 2.63. The molecular formula is C19H14Cl2O6. The summed E-state index contributed by atoms with van der Waals surface area (Å²) in [5, 5.41) is 9.34. The number of ether oxygens (including phenoxy) is 3. The number of hydrogen-bond acceptors (Lipinski definition) is 5. The van der Waals surface area contributed by atoms with Gasteiger partial charge in [-0.25, -0.2) is 4.79 Å². The molecule has 0 unspecified atom stereocenters. The minimum Gasteiger partial charge on any atom is -0.493 e. The predicted octanol–water partition coefficient (Wildman–Crippen LogP) is 4.12. The van der Waals surface area contributed by atoms with E-state index in [-0.39, 0.29) is 23.2 Å². The van der Waals surface area contributed by atoms with Crippen LogP contribution < -0.4 is 14.2 Å². The molecule has 3 rings (SSSR count). The molecule has 0 amide bonds. The zero-order valence-corrected chi connectivity index (χ0v) is 15.6. The number of carbonyl (C=O) groups excluding carboxylic acids is 1. The molecule has 0 saturated carbocycles. The lowest BCUT2D eigenvalue weighted by atomic mass is 9.98. The molecule has 0 spiro atoms. The molecule has 2 aromatic rings. The van der Waals surface area contributed by atoms with Gasteiger partial charge in [0.25, 0.3) is 0 Å². The van der Waals surface area contributed by atoms with Crippen LogP contribution in [0.15, 0.2) is 35.9 Å².